The smallest absolute Gasteiger partial charge is 0.308 e. The maximum atomic E-state index is 11.9. The van der Waals surface area contributed by atoms with Crippen LogP contribution in [0.2, 0.25) is 0 Å². The van der Waals surface area contributed by atoms with Crippen molar-refractivity contribution in [3.05, 3.63) is 0 Å². The van der Waals surface area contributed by atoms with Crippen molar-refractivity contribution in [3.8, 4) is 0 Å². The molecule has 0 aromatic heterocycles. The molecule has 1 fully saturated rings. The molecule has 1 rings (SSSR count). The number of carboxylic acid groups (broad SMARTS) is 1. The molecule has 1 heterocycles. The number of piperidine rings is 1. The molecule has 1 aliphatic heterocycles. The van der Waals surface area contributed by atoms with Gasteiger partial charge < -0.3 is 20.5 Å². The molecule has 0 bridgehead atoms. The van der Waals surface area contributed by atoms with Crippen LogP contribution in [-0.4, -0.2) is 54.1 Å². The summed E-state index contributed by atoms with van der Waals surface area (Å²) in [5.41, 5.74) is 5.67. The van der Waals surface area contributed by atoms with E-state index in [-0.39, 0.29) is 30.6 Å². The van der Waals surface area contributed by atoms with E-state index in [1.165, 1.54) is 7.11 Å². The third-order valence-corrected chi connectivity index (χ3v) is 3.33. The maximum Gasteiger partial charge on any atom is 0.308 e. The number of hydrogen-bond acceptors (Lipinski definition) is 5. The monoisotopic (exact) mass is 272 g/mol. The predicted octanol–water partition coefficient (Wildman–Crippen LogP) is -0.410. The Kier molecular flexibility index (Phi) is 5.75. The van der Waals surface area contributed by atoms with Crippen LogP contribution in [0.5, 0.6) is 0 Å². The Labute approximate surface area is 111 Å². The van der Waals surface area contributed by atoms with Gasteiger partial charge in [0.1, 0.15) is 0 Å². The largest absolute Gasteiger partial charge is 0.481 e. The zero-order valence-electron chi connectivity index (χ0n) is 11.0. The van der Waals surface area contributed by atoms with E-state index in [4.69, 9.17) is 10.8 Å². The summed E-state index contributed by atoms with van der Waals surface area (Å²) in [7, 11) is 1.35. The lowest BCUT2D eigenvalue weighted by Crippen LogP contribution is -2.48. The van der Waals surface area contributed by atoms with Gasteiger partial charge in [-0.25, -0.2) is 0 Å². The van der Waals surface area contributed by atoms with Crippen molar-refractivity contribution in [1.29, 1.82) is 0 Å². The number of carbonyl (C=O) groups excluding carboxylic acids is 2. The van der Waals surface area contributed by atoms with Crippen molar-refractivity contribution < 1.29 is 24.2 Å². The van der Waals surface area contributed by atoms with E-state index >= 15 is 0 Å². The van der Waals surface area contributed by atoms with Crippen molar-refractivity contribution in [3.63, 3.8) is 0 Å². The first kappa shape index (κ1) is 15.4. The highest BCUT2D eigenvalue weighted by Crippen LogP contribution is 2.19. The fourth-order valence-corrected chi connectivity index (χ4v) is 2.14. The average molecular weight is 272 g/mol. The van der Waals surface area contributed by atoms with Gasteiger partial charge in [0.05, 0.1) is 19.1 Å². The molecule has 0 radical (unpaired) electrons. The fourth-order valence-electron chi connectivity index (χ4n) is 2.14. The Morgan fingerprint density at radius 2 is 1.95 bits per heavy atom. The number of likely N-dealkylation sites (tertiary alicyclic amines) is 1. The summed E-state index contributed by atoms with van der Waals surface area (Å²) in [6.07, 6.45) is 1.13. The number of nitrogens with zero attached hydrogens (tertiary/aromatic N) is 1. The molecule has 1 atom stereocenters. The van der Waals surface area contributed by atoms with Gasteiger partial charge >= 0.3 is 11.9 Å². The van der Waals surface area contributed by atoms with Crippen LogP contribution in [0.15, 0.2) is 0 Å². The first-order valence-corrected chi connectivity index (χ1v) is 6.29. The number of nitrogens with two attached hydrogens (primary N) is 1. The lowest BCUT2D eigenvalue weighted by Gasteiger charge is -2.32. The van der Waals surface area contributed by atoms with Gasteiger partial charge in [0.15, 0.2) is 0 Å². The summed E-state index contributed by atoms with van der Waals surface area (Å²) < 4.78 is 4.67. The van der Waals surface area contributed by atoms with Gasteiger partial charge in [-0.15, -0.1) is 0 Å². The number of ether oxygens (including phenoxy) is 1. The molecule has 1 saturated heterocycles. The highest BCUT2D eigenvalue weighted by Gasteiger charge is 2.29. The third kappa shape index (κ3) is 4.51. The molecule has 0 saturated carbocycles. The molecule has 0 aromatic rings. The molecule has 1 aliphatic rings. The zero-order valence-corrected chi connectivity index (χ0v) is 11.0. The van der Waals surface area contributed by atoms with Crippen LogP contribution in [0.25, 0.3) is 0 Å². The van der Waals surface area contributed by atoms with Crippen LogP contribution in [0, 0.1) is 5.92 Å². The van der Waals surface area contributed by atoms with Crippen LogP contribution in [0.3, 0.4) is 0 Å². The fraction of sp³-hybridized carbons (Fsp3) is 0.750. The standard InChI is InChI=1S/C12H20N2O5/c1-19-12(18)8-4-6-14(7-5-8)11(17)9(13)2-3-10(15)16/h8-9H,2-7,13H2,1H3,(H,15,16). The summed E-state index contributed by atoms with van der Waals surface area (Å²) in [5, 5.41) is 8.55. The number of hydrogen-bond donors (Lipinski definition) is 2. The van der Waals surface area contributed by atoms with Crippen molar-refractivity contribution in [2.45, 2.75) is 31.7 Å². The van der Waals surface area contributed by atoms with E-state index in [2.05, 4.69) is 4.74 Å². The average Bonchev–Trinajstić information content (AvgIpc) is 2.43. The second-order valence-electron chi connectivity index (χ2n) is 4.66. The van der Waals surface area contributed by atoms with Gasteiger partial charge in [-0.3, -0.25) is 14.4 Å². The minimum absolute atomic E-state index is 0.120. The summed E-state index contributed by atoms with van der Waals surface area (Å²) in [5.74, 6) is -1.62. The molecule has 108 valence electrons. The first-order chi connectivity index (χ1) is 8.95. The van der Waals surface area contributed by atoms with E-state index in [0.29, 0.717) is 25.9 Å². The van der Waals surface area contributed by atoms with E-state index in [1.807, 2.05) is 0 Å². The third-order valence-electron chi connectivity index (χ3n) is 3.33. The molecule has 0 spiro atoms. The summed E-state index contributed by atoms with van der Waals surface area (Å²) in [6, 6.07) is -0.786. The maximum absolute atomic E-state index is 11.9. The van der Waals surface area contributed by atoms with E-state index < -0.39 is 12.0 Å². The van der Waals surface area contributed by atoms with Crippen molar-refractivity contribution >= 4 is 17.8 Å². The van der Waals surface area contributed by atoms with E-state index in [1.54, 1.807) is 4.90 Å². The zero-order chi connectivity index (χ0) is 14.4. The van der Waals surface area contributed by atoms with E-state index in [0.717, 1.165) is 0 Å². The highest BCUT2D eigenvalue weighted by molar-refractivity contribution is 5.82. The van der Waals surface area contributed by atoms with E-state index in [9.17, 15) is 14.4 Å². The molecule has 19 heavy (non-hydrogen) atoms. The van der Waals surface area contributed by atoms with Gasteiger partial charge in [-0.05, 0) is 19.3 Å². The predicted molar refractivity (Wildman–Crippen MR) is 66.2 cm³/mol. The second kappa shape index (κ2) is 7.08. The van der Waals surface area contributed by atoms with Crippen LogP contribution in [0.1, 0.15) is 25.7 Å². The highest BCUT2D eigenvalue weighted by atomic mass is 16.5. The summed E-state index contributed by atoms with van der Waals surface area (Å²) in [4.78, 5) is 35.3. The number of methoxy groups -OCH3 is 1. The van der Waals surface area contributed by atoms with Crippen molar-refractivity contribution in [2.24, 2.45) is 11.7 Å². The normalized spacial score (nSPS) is 17.9. The lowest BCUT2D eigenvalue weighted by molar-refractivity contribution is -0.149. The number of rotatable bonds is 5. The molecule has 3 N–H and O–H groups in total. The molecule has 0 aliphatic carbocycles. The van der Waals surface area contributed by atoms with Crippen molar-refractivity contribution in [2.75, 3.05) is 20.2 Å². The van der Waals surface area contributed by atoms with Gasteiger partial charge in [-0.2, -0.15) is 0 Å². The molecular weight excluding hydrogens is 252 g/mol. The molecular formula is C12H20N2O5. The Hall–Kier alpha value is -1.63. The van der Waals surface area contributed by atoms with Gasteiger partial charge in [-0.1, -0.05) is 0 Å². The Balaban J connectivity index is 2.40. The molecule has 1 amide bonds. The Morgan fingerprint density at radius 3 is 2.42 bits per heavy atom. The number of carboxylic acids is 1. The van der Waals surface area contributed by atoms with Crippen LogP contribution >= 0.6 is 0 Å². The van der Waals surface area contributed by atoms with Crippen molar-refractivity contribution in [1.82, 2.24) is 4.90 Å². The van der Waals surface area contributed by atoms with Gasteiger partial charge in [0.25, 0.3) is 0 Å². The lowest BCUT2D eigenvalue weighted by atomic mass is 9.96. The SMILES string of the molecule is COC(=O)C1CCN(C(=O)C(N)CCC(=O)O)CC1. The summed E-state index contributed by atoms with van der Waals surface area (Å²) >= 11 is 0. The quantitative estimate of drug-likeness (QED) is 0.658. The molecule has 1 unspecified atom stereocenters. The topological polar surface area (TPSA) is 110 Å². The van der Waals surface area contributed by atoms with Crippen LogP contribution in [-0.2, 0) is 19.1 Å². The summed E-state index contributed by atoms with van der Waals surface area (Å²) in [6.45, 7) is 0.915. The number of aliphatic carboxylic acids is 1. The first-order valence-electron chi connectivity index (χ1n) is 6.29. The minimum Gasteiger partial charge on any atom is -0.481 e. The number of esters is 1. The number of amides is 1. The Morgan fingerprint density at radius 1 is 1.37 bits per heavy atom. The second-order valence-corrected chi connectivity index (χ2v) is 4.66. The number of carbonyl (C=O) groups is 3. The minimum atomic E-state index is -0.965. The van der Waals surface area contributed by atoms with Crippen LogP contribution in [0.4, 0.5) is 0 Å². The van der Waals surface area contributed by atoms with Gasteiger partial charge in [0, 0.05) is 19.5 Å². The molecule has 0 aromatic carbocycles. The Bertz CT molecular complexity index is 350. The molecule has 7 heteroatoms. The van der Waals surface area contributed by atoms with Gasteiger partial charge in [0.2, 0.25) is 5.91 Å². The molecule has 7 nitrogen and oxygen atoms in total. The van der Waals surface area contributed by atoms with Crippen LogP contribution < -0.4 is 5.73 Å².